The van der Waals surface area contributed by atoms with Gasteiger partial charge in [0.2, 0.25) is 0 Å². The molecule has 0 radical (unpaired) electrons. The fourth-order valence-electron chi connectivity index (χ4n) is 2.32. The van der Waals surface area contributed by atoms with Crippen molar-refractivity contribution in [1.29, 1.82) is 0 Å². The molecule has 88 valence electrons. The van der Waals surface area contributed by atoms with Gasteiger partial charge in [0.1, 0.15) is 17.5 Å². The number of hydrogen-bond donors (Lipinski definition) is 1. The van der Waals surface area contributed by atoms with Gasteiger partial charge in [0.15, 0.2) is 0 Å². The molecule has 0 amide bonds. The lowest BCUT2D eigenvalue weighted by Crippen LogP contribution is -2.30. The van der Waals surface area contributed by atoms with Crippen LogP contribution in [0.15, 0.2) is 6.07 Å². The van der Waals surface area contributed by atoms with Crippen LogP contribution >= 0.6 is 0 Å². The van der Waals surface area contributed by atoms with Crippen LogP contribution in [-0.2, 0) is 6.42 Å². The maximum absolute atomic E-state index is 5.79. The van der Waals surface area contributed by atoms with Crippen LogP contribution in [0.3, 0.4) is 0 Å². The van der Waals surface area contributed by atoms with E-state index in [2.05, 4.69) is 21.9 Å². The van der Waals surface area contributed by atoms with E-state index in [0.29, 0.717) is 11.9 Å². The molecule has 2 rings (SSSR count). The summed E-state index contributed by atoms with van der Waals surface area (Å²) in [6.07, 6.45) is 6.02. The number of rotatable bonds is 3. The minimum Gasteiger partial charge on any atom is -0.384 e. The molecule has 0 atom stereocenters. The first-order valence-corrected chi connectivity index (χ1v) is 6.07. The molecule has 1 aromatic heterocycles. The molecule has 2 N–H and O–H groups in total. The number of nitrogens with two attached hydrogens (primary N) is 1. The molecule has 1 heterocycles. The maximum atomic E-state index is 5.79. The molecule has 1 aliphatic rings. The number of aromatic nitrogens is 2. The fourth-order valence-corrected chi connectivity index (χ4v) is 2.32. The molecule has 0 unspecified atom stereocenters. The van der Waals surface area contributed by atoms with Gasteiger partial charge in [0.25, 0.3) is 0 Å². The third-order valence-corrected chi connectivity index (χ3v) is 3.33. The highest BCUT2D eigenvalue weighted by Gasteiger charge is 2.21. The Bertz CT molecular complexity index is 358. The van der Waals surface area contributed by atoms with Crippen LogP contribution in [0.5, 0.6) is 0 Å². The van der Waals surface area contributed by atoms with Gasteiger partial charge < -0.3 is 10.6 Å². The Labute approximate surface area is 96.9 Å². The number of aryl methyl sites for hydroxylation is 1. The second-order valence-corrected chi connectivity index (χ2v) is 4.47. The predicted octanol–water partition coefficient (Wildman–Crippen LogP) is 2.00. The van der Waals surface area contributed by atoms with Gasteiger partial charge >= 0.3 is 0 Å². The molecule has 1 aromatic rings. The largest absolute Gasteiger partial charge is 0.384 e. The van der Waals surface area contributed by atoms with Crippen LogP contribution in [0.2, 0.25) is 0 Å². The molecule has 4 nitrogen and oxygen atoms in total. The summed E-state index contributed by atoms with van der Waals surface area (Å²) in [5.41, 5.74) is 5.79. The lowest BCUT2D eigenvalue weighted by atomic mass is 10.2. The second kappa shape index (κ2) is 4.68. The minimum absolute atomic E-state index is 0.576. The summed E-state index contributed by atoms with van der Waals surface area (Å²) in [6, 6.07) is 2.50. The van der Waals surface area contributed by atoms with Gasteiger partial charge in [-0.05, 0) is 12.8 Å². The predicted molar refractivity (Wildman–Crippen MR) is 66.5 cm³/mol. The zero-order valence-electron chi connectivity index (χ0n) is 10.1. The van der Waals surface area contributed by atoms with Gasteiger partial charge in [-0.25, -0.2) is 9.97 Å². The van der Waals surface area contributed by atoms with Gasteiger partial charge in [0.05, 0.1) is 0 Å². The molecule has 0 spiro atoms. The molecule has 0 aliphatic heterocycles. The summed E-state index contributed by atoms with van der Waals surface area (Å²) >= 11 is 0. The Morgan fingerprint density at radius 2 is 2.06 bits per heavy atom. The SMILES string of the molecule is CCc1nc(N)cc(N(C)C2CCCC2)n1. The van der Waals surface area contributed by atoms with E-state index >= 15 is 0 Å². The van der Waals surface area contributed by atoms with Gasteiger partial charge in [-0.15, -0.1) is 0 Å². The van der Waals surface area contributed by atoms with Crippen LogP contribution in [0, 0.1) is 0 Å². The summed E-state index contributed by atoms with van der Waals surface area (Å²) in [6.45, 7) is 2.05. The fraction of sp³-hybridized carbons (Fsp3) is 0.667. The Morgan fingerprint density at radius 3 is 2.69 bits per heavy atom. The second-order valence-electron chi connectivity index (χ2n) is 4.47. The van der Waals surface area contributed by atoms with Crippen LogP contribution < -0.4 is 10.6 Å². The molecule has 0 bridgehead atoms. The summed E-state index contributed by atoms with van der Waals surface area (Å²) in [5.74, 6) is 2.38. The number of nitrogen functional groups attached to an aromatic ring is 1. The van der Waals surface area contributed by atoms with Crippen LogP contribution in [0.25, 0.3) is 0 Å². The van der Waals surface area contributed by atoms with Crippen LogP contribution in [0.1, 0.15) is 38.4 Å². The van der Waals surface area contributed by atoms with Crippen molar-refractivity contribution in [2.45, 2.75) is 45.1 Å². The van der Waals surface area contributed by atoms with Crippen molar-refractivity contribution in [2.24, 2.45) is 0 Å². The van der Waals surface area contributed by atoms with E-state index in [1.54, 1.807) is 0 Å². The van der Waals surface area contributed by atoms with Crippen molar-refractivity contribution in [3.05, 3.63) is 11.9 Å². The molecule has 4 heteroatoms. The third kappa shape index (κ3) is 2.26. The van der Waals surface area contributed by atoms with Crippen molar-refractivity contribution in [3.63, 3.8) is 0 Å². The zero-order chi connectivity index (χ0) is 11.5. The van der Waals surface area contributed by atoms with Crippen molar-refractivity contribution in [3.8, 4) is 0 Å². The normalized spacial score (nSPS) is 16.6. The van der Waals surface area contributed by atoms with Crippen molar-refractivity contribution < 1.29 is 0 Å². The number of anilines is 2. The average molecular weight is 220 g/mol. The highest BCUT2D eigenvalue weighted by Crippen LogP contribution is 2.26. The van der Waals surface area contributed by atoms with E-state index in [1.807, 2.05) is 13.0 Å². The molecule has 1 fully saturated rings. The molecule has 0 aromatic carbocycles. The van der Waals surface area contributed by atoms with Gasteiger partial charge in [0, 0.05) is 25.6 Å². The Kier molecular flexibility index (Phi) is 3.27. The van der Waals surface area contributed by atoms with Gasteiger partial charge in [-0.1, -0.05) is 19.8 Å². The molecule has 1 aliphatic carbocycles. The van der Waals surface area contributed by atoms with Crippen molar-refractivity contribution >= 4 is 11.6 Å². The van der Waals surface area contributed by atoms with Crippen molar-refractivity contribution in [1.82, 2.24) is 9.97 Å². The van der Waals surface area contributed by atoms with E-state index in [4.69, 9.17) is 5.73 Å². The smallest absolute Gasteiger partial charge is 0.134 e. The number of hydrogen-bond acceptors (Lipinski definition) is 4. The van der Waals surface area contributed by atoms with E-state index in [-0.39, 0.29) is 0 Å². The maximum Gasteiger partial charge on any atom is 0.134 e. The van der Waals surface area contributed by atoms with Gasteiger partial charge in [-0.2, -0.15) is 0 Å². The van der Waals surface area contributed by atoms with E-state index < -0.39 is 0 Å². The lowest BCUT2D eigenvalue weighted by molar-refractivity contribution is 0.644. The molecule has 16 heavy (non-hydrogen) atoms. The minimum atomic E-state index is 0.576. The molecule has 0 saturated heterocycles. The Morgan fingerprint density at radius 1 is 1.38 bits per heavy atom. The summed E-state index contributed by atoms with van der Waals surface area (Å²) in [4.78, 5) is 11.0. The zero-order valence-corrected chi connectivity index (χ0v) is 10.1. The van der Waals surface area contributed by atoms with Crippen LogP contribution in [0.4, 0.5) is 11.6 Å². The third-order valence-electron chi connectivity index (χ3n) is 3.33. The first kappa shape index (κ1) is 11.2. The van der Waals surface area contributed by atoms with Gasteiger partial charge in [-0.3, -0.25) is 0 Å². The average Bonchev–Trinajstić information content (AvgIpc) is 2.80. The first-order valence-electron chi connectivity index (χ1n) is 6.07. The van der Waals surface area contributed by atoms with Crippen LogP contribution in [-0.4, -0.2) is 23.1 Å². The van der Waals surface area contributed by atoms with E-state index in [0.717, 1.165) is 18.1 Å². The molecule has 1 saturated carbocycles. The first-order chi connectivity index (χ1) is 7.70. The van der Waals surface area contributed by atoms with E-state index in [9.17, 15) is 0 Å². The highest BCUT2D eigenvalue weighted by atomic mass is 15.2. The summed E-state index contributed by atoms with van der Waals surface area (Å²) in [5, 5.41) is 0. The Hall–Kier alpha value is -1.32. The molecular formula is C12H20N4. The standard InChI is InChI=1S/C12H20N4/c1-3-11-14-10(13)8-12(15-11)16(2)9-6-4-5-7-9/h8-9H,3-7H2,1-2H3,(H2,13,14,15). The quantitative estimate of drug-likeness (QED) is 0.846. The lowest BCUT2D eigenvalue weighted by Gasteiger charge is -2.25. The highest BCUT2D eigenvalue weighted by molar-refractivity contribution is 5.47. The summed E-state index contributed by atoms with van der Waals surface area (Å²) < 4.78 is 0. The topological polar surface area (TPSA) is 55.0 Å². The number of nitrogens with zero attached hydrogens (tertiary/aromatic N) is 3. The van der Waals surface area contributed by atoms with E-state index in [1.165, 1.54) is 25.7 Å². The molecular weight excluding hydrogens is 200 g/mol. The Balaban J connectivity index is 2.21. The summed E-state index contributed by atoms with van der Waals surface area (Å²) in [7, 11) is 2.11. The monoisotopic (exact) mass is 220 g/mol. The van der Waals surface area contributed by atoms with Crippen molar-refractivity contribution in [2.75, 3.05) is 17.7 Å².